The summed E-state index contributed by atoms with van der Waals surface area (Å²) in [6.07, 6.45) is 4.68. The zero-order chi connectivity index (χ0) is 28.1. The third-order valence-electron chi connectivity index (χ3n) is 6.16. The highest BCUT2D eigenvalue weighted by atomic mass is 35.5. The quantitative estimate of drug-likeness (QED) is 0.195. The molecular formula is C29H27ClFN5O3S. The number of sulfone groups is 1. The first-order valence-electron chi connectivity index (χ1n) is 12.5. The number of hydrogen-bond donors (Lipinski definition) is 2. The lowest BCUT2D eigenvalue weighted by molar-refractivity contribution is 0.306. The minimum Gasteiger partial charge on any atom is -0.487 e. The van der Waals surface area contributed by atoms with E-state index in [9.17, 15) is 12.8 Å². The average Bonchev–Trinajstić information content (AvgIpc) is 3.39. The van der Waals surface area contributed by atoms with Crippen molar-refractivity contribution in [2.75, 3.05) is 23.9 Å². The van der Waals surface area contributed by atoms with Crippen molar-refractivity contribution in [1.82, 2.24) is 19.9 Å². The SMILES string of the molecule is CS(=O)(=O)CCNCc1cccn1-c1ccc2ncnc(Nc3ccc(OCc4cccc(F)c4)c(Cl)c3)c2c1. The maximum Gasteiger partial charge on any atom is 0.148 e. The zero-order valence-electron chi connectivity index (χ0n) is 21.6. The molecule has 3 aromatic carbocycles. The molecule has 0 fully saturated rings. The topological polar surface area (TPSA) is 98.1 Å². The molecule has 0 amide bonds. The van der Waals surface area contributed by atoms with Crippen molar-refractivity contribution in [1.29, 1.82) is 0 Å². The Hall–Kier alpha value is -3.99. The molecule has 0 aliphatic heterocycles. The molecule has 0 aliphatic rings. The summed E-state index contributed by atoms with van der Waals surface area (Å²) in [4.78, 5) is 8.86. The van der Waals surface area contributed by atoms with E-state index in [2.05, 4.69) is 20.6 Å². The molecule has 8 nitrogen and oxygen atoms in total. The van der Waals surface area contributed by atoms with Gasteiger partial charge in [-0.25, -0.2) is 22.8 Å². The Labute approximate surface area is 236 Å². The van der Waals surface area contributed by atoms with Gasteiger partial charge >= 0.3 is 0 Å². The van der Waals surface area contributed by atoms with Crippen LogP contribution in [0.2, 0.25) is 5.02 Å². The van der Waals surface area contributed by atoms with E-state index in [0.717, 1.165) is 22.3 Å². The number of rotatable bonds is 11. The Morgan fingerprint density at radius 2 is 1.90 bits per heavy atom. The molecule has 2 heterocycles. The maximum atomic E-state index is 13.4. The lowest BCUT2D eigenvalue weighted by Crippen LogP contribution is -2.23. The van der Waals surface area contributed by atoms with Crippen molar-refractivity contribution in [2.45, 2.75) is 13.2 Å². The number of anilines is 2. The summed E-state index contributed by atoms with van der Waals surface area (Å²) in [7, 11) is -3.02. The molecule has 40 heavy (non-hydrogen) atoms. The molecular weight excluding hydrogens is 553 g/mol. The average molecular weight is 580 g/mol. The van der Waals surface area contributed by atoms with Crippen molar-refractivity contribution in [3.8, 4) is 11.4 Å². The van der Waals surface area contributed by atoms with E-state index in [1.165, 1.54) is 24.7 Å². The van der Waals surface area contributed by atoms with Gasteiger partial charge in [-0.2, -0.15) is 0 Å². The van der Waals surface area contributed by atoms with Crippen molar-refractivity contribution < 1.29 is 17.5 Å². The van der Waals surface area contributed by atoms with E-state index >= 15 is 0 Å². The van der Waals surface area contributed by atoms with Gasteiger partial charge in [0.15, 0.2) is 0 Å². The van der Waals surface area contributed by atoms with Gasteiger partial charge in [0.25, 0.3) is 0 Å². The summed E-state index contributed by atoms with van der Waals surface area (Å²) in [6, 6.07) is 21.4. The Balaban J connectivity index is 1.33. The lowest BCUT2D eigenvalue weighted by Gasteiger charge is -2.14. The number of halogens is 2. The third kappa shape index (κ3) is 6.95. The van der Waals surface area contributed by atoms with Crippen LogP contribution >= 0.6 is 11.6 Å². The monoisotopic (exact) mass is 579 g/mol. The summed E-state index contributed by atoms with van der Waals surface area (Å²) < 4.78 is 44.1. The molecule has 0 bridgehead atoms. The van der Waals surface area contributed by atoms with Gasteiger partial charge < -0.3 is 19.9 Å². The van der Waals surface area contributed by atoms with Crippen LogP contribution in [0.3, 0.4) is 0 Å². The van der Waals surface area contributed by atoms with Crippen molar-refractivity contribution in [2.24, 2.45) is 0 Å². The Kier molecular flexibility index (Phi) is 8.29. The molecule has 0 radical (unpaired) electrons. The fraction of sp³-hybridized carbons (Fsp3) is 0.172. The van der Waals surface area contributed by atoms with E-state index in [1.807, 2.05) is 47.2 Å². The van der Waals surface area contributed by atoms with E-state index in [1.54, 1.807) is 24.3 Å². The molecule has 0 unspecified atom stereocenters. The van der Waals surface area contributed by atoms with Crippen LogP contribution in [0, 0.1) is 5.82 Å². The zero-order valence-corrected chi connectivity index (χ0v) is 23.2. The first-order valence-corrected chi connectivity index (χ1v) is 14.9. The van der Waals surface area contributed by atoms with Gasteiger partial charge in [0.05, 0.1) is 16.3 Å². The maximum absolute atomic E-state index is 13.4. The number of aromatic nitrogens is 3. The predicted molar refractivity (Wildman–Crippen MR) is 156 cm³/mol. The summed E-state index contributed by atoms with van der Waals surface area (Å²) in [5, 5.41) is 7.73. The first-order chi connectivity index (χ1) is 19.2. The molecule has 0 aliphatic carbocycles. The van der Waals surface area contributed by atoms with Crippen molar-refractivity contribution in [3.63, 3.8) is 0 Å². The van der Waals surface area contributed by atoms with Gasteiger partial charge in [-0.05, 0) is 66.2 Å². The fourth-order valence-corrected chi connectivity index (χ4v) is 4.95. The molecule has 5 rings (SSSR count). The molecule has 0 saturated carbocycles. The Bertz CT molecular complexity index is 1760. The van der Waals surface area contributed by atoms with Crippen LogP contribution in [0.4, 0.5) is 15.9 Å². The van der Waals surface area contributed by atoms with Crippen LogP contribution in [0.1, 0.15) is 11.3 Å². The van der Waals surface area contributed by atoms with Crippen LogP contribution in [-0.2, 0) is 23.0 Å². The van der Waals surface area contributed by atoms with Gasteiger partial charge in [-0.15, -0.1) is 0 Å². The Morgan fingerprint density at radius 1 is 1.02 bits per heavy atom. The van der Waals surface area contributed by atoms with Gasteiger partial charge in [-0.1, -0.05) is 23.7 Å². The molecule has 0 spiro atoms. The van der Waals surface area contributed by atoms with E-state index < -0.39 is 9.84 Å². The molecule has 0 saturated heterocycles. The highest BCUT2D eigenvalue weighted by Gasteiger charge is 2.11. The number of hydrogen-bond acceptors (Lipinski definition) is 7. The summed E-state index contributed by atoms with van der Waals surface area (Å²) >= 11 is 6.48. The molecule has 5 aromatic rings. The number of ether oxygens (including phenoxy) is 1. The Morgan fingerprint density at radius 3 is 2.70 bits per heavy atom. The summed E-state index contributed by atoms with van der Waals surface area (Å²) in [5.74, 6) is 0.856. The number of nitrogens with one attached hydrogen (secondary N) is 2. The standard InChI is InChI=1S/C29H27ClFN5O3S/c1-40(37,38)13-11-32-17-24-6-3-12-36(24)23-8-9-27-25(16-23)29(34-19-33-27)35-22-7-10-28(26(30)15-22)39-18-20-4-2-5-21(31)14-20/h2-10,12,14-16,19,32H,11,13,17-18H2,1H3,(H,33,34,35). The molecule has 2 N–H and O–H groups in total. The minimum absolute atomic E-state index is 0.0835. The number of fused-ring (bicyclic) bond motifs is 1. The van der Waals surface area contributed by atoms with Gasteiger partial charge in [0.2, 0.25) is 0 Å². The third-order valence-corrected chi connectivity index (χ3v) is 7.41. The highest BCUT2D eigenvalue weighted by Crippen LogP contribution is 2.31. The van der Waals surface area contributed by atoms with Crippen LogP contribution in [0.5, 0.6) is 5.75 Å². The summed E-state index contributed by atoms with van der Waals surface area (Å²) in [6.45, 7) is 1.09. The second-order valence-electron chi connectivity index (χ2n) is 9.29. The van der Waals surface area contributed by atoms with E-state index in [-0.39, 0.29) is 18.2 Å². The second-order valence-corrected chi connectivity index (χ2v) is 12.0. The van der Waals surface area contributed by atoms with E-state index in [0.29, 0.717) is 40.9 Å². The second kappa shape index (κ2) is 12.0. The normalized spacial score (nSPS) is 11.6. The molecule has 0 atom stereocenters. The van der Waals surface area contributed by atoms with Crippen LogP contribution < -0.4 is 15.4 Å². The van der Waals surface area contributed by atoms with Crippen molar-refractivity contribution >= 4 is 43.8 Å². The number of nitrogens with zero attached hydrogens (tertiary/aromatic N) is 3. The lowest BCUT2D eigenvalue weighted by atomic mass is 10.2. The number of benzene rings is 3. The smallest absolute Gasteiger partial charge is 0.148 e. The first kappa shape index (κ1) is 27.6. The molecule has 2 aromatic heterocycles. The molecule has 11 heteroatoms. The van der Waals surface area contributed by atoms with Gasteiger partial charge in [-0.3, -0.25) is 0 Å². The minimum atomic E-state index is -3.02. The highest BCUT2D eigenvalue weighted by molar-refractivity contribution is 7.90. The van der Waals surface area contributed by atoms with Crippen molar-refractivity contribution in [3.05, 3.63) is 107 Å². The van der Waals surface area contributed by atoms with Crippen LogP contribution in [0.25, 0.3) is 16.6 Å². The van der Waals surface area contributed by atoms with E-state index in [4.69, 9.17) is 16.3 Å². The van der Waals surface area contributed by atoms with Gasteiger partial charge in [0, 0.05) is 48.0 Å². The van der Waals surface area contributed by atoms with Crippen LogP contribution in [0.15, 0.2) is 85.3 Å². The fourth-order valence-electron chi connectivity index (χ4n) is 4.20. The van der Waals surface area contributed by atoms with Crippen LogP contribution in [-0.4, -0.2) is 41.5 Å². The predicted octanol–water partition coefficient (Wildman–Crippen LogP) is 5.67. The van der Waals surface area contributed by atoms with Gasteiger partial charge in [0.1, 0.15) is 40.2 Å². The largest absolute Gasteiger partial charge is 0.487 e. The molecule has 206 valence electrons. The summed E-state index contributed by atoms with van der Waals surface area (Å²) in [5.41, 5.74) is 4.08.